The van der Waals surface area contributed by atoms with E-state index in [1.54, 1.807) is 0 Å². The lowest BCUT2D eigenvalue weighted by Crippen LogP contribution is -2.23. The number of nitrogens with zero attached hydrogens (tertiary/aromatic N) is 3. The van der Waals surface area contributed by atoms with E-state index in [1.165, 1.54) is 5.56 Å². The van der Waals surface area contributed by atoms with Crippen molar-refractivity contribution in [3.8, 4) is 0 Å². The van der Waals surface area contributed by atoms with Crippen LogP contribution in [0.2, 0.25) is 5.02 Å². The number of anilines is 2. The third kappa shape index (κ3) is 4.14. The van der Waals surface area contributed by atoms with Gasteiger partial charge in [0.25, 0.3) is 0 Å². The Morgan fingerprint density at radius 1 is 1.11 bits per heavy atom. The van der Waals surface area contributed by atoms with E-state index in [0.29, 0.717) is 18.0 Å². The summed E-state index contributed by atoms with van der Waals surface area (Å²) in [6, 6.07) is 15.9. The average Bonchev–Trinajstić information content (AvgIpc) is 3.31. The maximum atomic E-state index is 12.0. The van der Waals surface area contributed by atoms with Crippen LogP contribution in [0.4, 0.5) is 11.4 Å². The van der Waals surface area contributed by atoms with Gasteiger partial charge in [0.1, 0.15) is 0 Å². The van der Waals surface area contributed by atoms with Crippen LogP contribution in [-0.2, 0) is 17.9 Å². The number of carbonyl (C=O) groups excluding carboxylic acids is 1. The zero-order chi connectivity index (χ0) is 18.6. The minimum atomic E-state index is 0.172. The molecule has 1 aliphatic rings. The first-order valence-corrected chi connectivity index (χ1v) is 9.46. The Bertz CT molecular complexity index is 938. The van der Waals surface area contributed by atoms with Crippen molar-refractivity contribution >= 4 is 28.9 Å². The molecule has 2 aromatic carbocycles. The number of amides is 1. The van der Waals surface area contributed by atoms with E-state index in [4.69, 9.17) is 11.6 Å². The second kappa shape index (κ2) is 7.84. The molecule has 2 heterocycles. The molecule has 0 saturated carbocycles. The van der Waals surface area contributed by atoms with Crippen LogP contribution in [0.25, 0.3) is 0 Å². The molecule has 5 nitrogen and oxygen atoms in total. The van der Waals surface area contributed by atoms with Gasteiger partial charge in [-0.25, -0.2) is 0 Å². The monoisotopic (exact) mass is 380 g/mol. The van der Waals surface area contributed by atoms with Crippen molar-refractivity contribution < 1.29 is 4.79 Å². The molecule has 1 N–H and O–H groups in total. The van der Waals surface area contributed by atoms with E-state index < -0.39 is 0 Å². The molecule has 0 atom stereocenters. The van der Waals surface area contributed by atoms with Crippen LogP contribution in [-0.4, -0.2) is 22.2 Å². The highest BCUT2D eigenvalue weighted by atomic mass is 35.5. The Kier molecular flexibility index (Phi) is 5.12. The molecule has 0 spiro atoms. The minimum Gasteiger partial charge on any atom is -0.380 e. The van der Waals surface area contributed by atoms with Gasteiger partial charge in [-0.15, -0.1) is 0 Å². The molecule has 3 aromatic rings. The number of aromatic nitrogens is 2. The van der Waals surface area contributed by atoms with Crippen molar-refractivity contribution in [3.05, 3.63) is 77.1 Å². The molecular weight excluding hydrogens is 360 g/mol. The van der Waals surface area contributed by atoms with Gasteiger partial charge < -0.3 is 10.2 Å². The maximum absolute atomic E-state index is 12.0. The Morgan fingerprint density at radius 3 is 2.74 bits per heavy atom. The first-order valence-electron chi connectivity index (χ1n) is 9.08. The predicted octanol–water partition coefficient (Wildman–Crippen LogP) is 4.32. The third-order valence-corrected chi connectivity index (χ3v) is 5.02. The van der Waals surface area contributed by atoms with Gasteiger partial charge in [0, 0.05) is 37.0 Å². The van der Waals surface area contributed by atoms with E-state index in [2.05, 4.69) is 22.5 Å². The summed E-state index contributed by atoms with van der Waals surface area (Å²) in [6.45, 7) is 2.13. The molecule has 1 aromatic heterocycles. The molecule has 0 bridgehead atoms. The summed E-state index contributed by atoms with van der Waals surface area (Å²) in [5.41, 5.74) is 4.00. The smallest absolute Gasteiger partial charge is 0.227 e. The highest BCUT2D eigenvalue weighted by Gasteiger charge is 2.22. The standard InChI is InChI=1S/C21H21ClN4O/c22-19-9-8-18(26-10-4-7-21(26)27)11-20(19)23-12-17-13-24-25(15-17)14-16-5-2-1-3-6-16/h1-3,5-6,8-9,11,13,15,23H,4,7,10,12,14H2. The number of hydrogen-bond donors (Lipinski definition) is 1. The minimum absolute atomic E-state index is 0.172. The second-order valence-corrected chi connectivity index (χ2v) is 7.11. The Morgan fingerprint density at radius 2 is 1.96 bits per heavy atom. The van der Waals surface area contributed by atoms with Crippen LogP contribution in [0.1, 0.15) is 24.0 Å². The van der Waals surface area contributed by atoms with Gasteiger partial charge in [-0.05, 0) is 30.2 Å². The van der Waals surface area contributed by atoms with Crippen molar-refractivity contribution in [2.75, 3.05) is 16.8 Å². The van der Waals surface area contributed by atoms with Crippen LogP contribution in [0.5, 0.6) is 0 Å². The lowest BCUT2D eigenvalue weighted by atomic mass is 10.2. The van der Waals surface area contributed by atoms with Gasteiger partial charge in [0.15, 0.2) is 0 Å². The van der Waals surface area contributed by atoms with Crippen LogP contribution in [0.3, 0.4) is 0 Å². The summed E-state index contributed by atoms with van der Waals surface area (Å²) in [4.78, 5) is 13.8. The quantitative estimate of drug-likeness (QED) is 0.692. The fraction of sp³-hybridized carbons (Fsp3) is 0.238. The molecule has 4 rings (SSSR count). The average molecular weight is 381 g/mol. The molecule has 1 saturated heterocycles. The molecule has 0 aliphatic carbocycles. The van der Waals surface area contributed by atoms with Crippen molar-refractivity contribution in [2.45, 2.75) is 25.9 Å². The van der Waals surface area contributed by atoms with Crippen LogP contribution >= 0.6 is 11.6 Å². The predicted molar refractivity (Wildman–Crippen MR) is 108 cm³/mol. The highest BCUT2D eigenvalue weighted by Crippen LogP contribution is 2.30. The van der Waals surface area contributed by atoms with Crippen LogP contribution < -0.4 is 10.2 Å². The number of rotatable bonds is 6. The van der Waals surface area contributed by atoms with Crippen molar-refractivity contribution in [2.24, 2.45) is 0 Å². The molecule has 0 radical (unpaired) electrons. The van der Waals surface area contributed by atoms with E-state index in [9.17, 15) is 4.79 Å². The number of halogens is 1. The Balaban J connectivity index is 1.42. The fourth-order valence-corrected chi connectivity index (χ4v) is 3.47. The van der Waals surface area contributed by atoms with Crippen LogP contribution in [0, 0.1) is 0 Å². The summed E-state index contributed by atoms with van der Waals surface area (Å²) < 4.78 is 1.92. The van der Waals surface area contributed by atoms with Gasteiger partial charge >= 0.3 is 0 Å². The molecule has 1 fully saturated rings. The zero-order valence-corrected chi connectivity index (χ0v) is 15.7. The topological polar surface area (TPSA) is 50.2 Å². The Hall–Kier alpha value is -2.79. The summed E-state index contributed by atoms with van der Waals surface area (Å²) in [5, 5.41) is 8.43. The number of benzene rings is 2. The highest BCUT2D eigenvalue weighted by molar-refractivity contribution is 6.33. The number of carbonyl (C=O) groups is 1. The van der Waals surface area contributed by atoms with E-state index in [1.807, 2.05) is 58.4 Å². The van der Waals surface area contributed by atoms with Gasteiger partial charge in [0.05, 0.1) is 23.5 Å². The summed E-state index contributed by atoms with van der Waals surface area (Å²) in [5.74, 6) is 0.172. The second-order valence-electron chi connectivity index (χ2n) is 6.70. The van der Waals surface area contributed by atoms with Crippen molar-refractivity contribution in [3.63, 3.8) is 0 Å². The molecule has 1 aliphatic heterocycles. The maximum Gasteiger partial charge on any atom is 0.227 e. The van der Waals surface area contributed by atoms with Crippen molar-refractivity contribution in [1.82, 2.24) is 9.78 Å². The molecule has 27 heavy (non-hydrogen) atoms. The van der Waals surface area contributed by atoms with E-state index in [0.717, 1.165) is 36.4 Å². The molecule has 1 amide bonds. The molecule has 138 valence electrons. The number of nitrogens with one attached hydrogen (secondary N) is 1. The Labute approximate surface area is 163 Å². The van der Waals surface area contributed by atoms with Crippen LogP contribution in [0.15, 0.2) is 60.9 Å². The lowest BCUT2D eigenvalue weighted by molar-refractivity contribution is -0.117. The normalized spacial score (nSPS) is 14.0. The SMILES string of the molecule is O=C1CCCN1c1ccc(Cl)c(NCc2cnn(Cc3ccccc3)c2)c1. The summed E-state index contributed by atoms with van der Waals surface area (Å²) >= 11 is 6.33. The zero-order valence-electron chi connectivity index (χ0n) is 14.9. The van der Waals surface area contributed by atoms with E-state index >= 15 is 0 Å². The van der Waals surface area contributed by atoms with Gasteiger partial charge in [-0.1, -0.05) is 41.9 Å². The first-order chi connectivity index (χ1) is 13.2. The van der Waals surface area contributed by atoms with Gasteiger partial charge in [-0.2, -0.15) is 5.10 Å². The number of hydrogen-bond acceptors (Lipinski definition) is 3. The van der Waals surface area contributed by atoms with Gasteiger partial charge in [-0.3, -0.25) is 9.48 Å². The largest absolute Gasteiger partial charge is 0.380 e. The van der Waals surface area contributed by atoms with E-state index in [-0.39, 0.29) is 5.91 Å². The third-order valence-electron chi connectivity index (χ3n) is 4.69. The summed E-state index contributed by atoms with van der Waals surface area (Å²) in [7, 11) is 0. The lowest BCUT2D eigenvalue weighted by Gasteiger charge is -2.17. The van der Waals surface area contributed by atoms with Gasteiger partial charge in [0.2, 0.25) is 5.91 Å². The molecular formula is C21H21ClN4O. The van der Waals surface area contributed by atoms with Crippen molar-refractivity contribution in [1.29, 1.82) is 0 Å². The fourth-order valence-electron chi connectivity index (χ4n) is 3.29. The first kappa shape index (κ1) is 17.6. The molecule has 0 unspecified atom stereocenters. The molecule has 6 heteroatoms. The summed E-state index contributed by atoms with van der Waals surface area (Å²) in [6.07, 6.45) is 5.41.